The van der Waals surface area contributed by atoms with E-state index in [2.05, 4.69) is 20.4 Å². The molecule has 1 aromatic carbocycles. The molecule has 0 radical (unpaired) electrons. The van der Waals surface area contributed by atoms with E-state index in [1.807, 2.05) is 0 Å². The number of nitrogens with one attached hydrogen (secondary N) is 1. The van der Waals surface area contributed by atoms with E-state index >= 15 is 0 Å². The molecule has 0 unspecified atom stereocenters. The Morgan fingerprint density at radius 3 is 3.05 bits per heavy atom. The lowest BCUT2D eigenvalue weighted by Gasteiger charge is -2.10. The van der Waals surface area contributed by atoms with Crippen molar-refractivity contribution in [1.82, 2.24) is 15.1 Å². The predicted molar refractivity (Wildman–Crippen MR) is 72.5 cm³/mol. The van der Waals surface area contributed by atoms with Crippen LogP contribution < -0.4 is 11.1 Å². The third-order valence-electron chi connectivity index (χ3n) is 2.87. The second-order valence-electron chi connectivity index (χ2n) is 4.31. The fourth-order valence-electron chi connectivity index (χ4n) is 1.99. The van der Waals surface area contributed by atoms with Crippen LogP contribution in [0, 0.1) is 12.7 Å². The van der Waals surface area contributed by atoms with Crippen molar-refractivity contribution in [2.24, 2.45) is 0 Å². The minimum Gasteiger partial charge on any atom is -0.398 e. The van der Waals surface area contributed by atoms with Gasteiger partial charge in [0, 0.05) is 24.2 Å². The van der Waals surface area contributed by atoms with Gasteiger partial charge in [0.1, 0.15) is 0 Å². The summed E-state index contributed by atoms with van der Waals surface area (Å²) in [5.74, 6) is 0.444. The van der Waals surface area contributed by atoms with Crippen LogP contribution in [0.15, 0.2) is 28.9 Å². The SMILES string of the molecule is Cc1nc(CNc2c(F)cc(N)c3cccnc23)no1. The average molecular weight is 273 g/mol. The molecule has 0 atom stereocenters. The highest BCUT2D eigenvalue weighted by molar-refractivity contribution is 5.98. The van der Waals surface area contributed by atoms with E-state index in [1.54, 1.807) is 25.3 Å². The lowest BCUT2D eigenvalue weighted by atomic mass is 10.1. The maximum atomic E-state index is 14.0. The first-order valence-electron chi connectivity index (χ1n) is 6.01. The quantitative estimate of drug-likeness (QED) is 0.711. The van der Waals surface area contributed by atoms with E-state index in [9.17, 15) is 4.39 Å². The van der Waals surface area contributed by atoms with Gasteiger partial charge in [-0.25, -0.2) is 4.39 Å². The number of nitrogen functional groups attached to an aromatic ring is 1. The average Bonchev–Trinajstić information content (AvgIpc) is 2.84. The van der Waals surface area contributed by atoms with Gasteiger partial charge in [-0.1, -0.05) is 5.16 Å². The molecule has 3 aromatic rings. The molecule has 0 bridgehead atoms. The van der Waals surface area contributed by atoms with E-state index in [-0.39, 0.29) is 12.2 Å². The summed E-state index contributed by atoms with van der Waals surface area (Å²) in [6.45, 7) is 1.93. The molecule has 2 aromatic heterocycles. The van der Waals surface area contributed by atoms with Crippen LogP contribution in [-0.4, -0.2) is 15.1 Å². The Balaban J connectivity index is 1.98. The second-order valence-corrected chi connectivity index (χ2v) is 4.31. The Morgan fingerprint density at radius 2 is 2.30 bits per heavy atom. The number of benzene rings is 1. The molecule has 0 aliphatic carbocycles. The van der Waals surface area contributed by atoms with E-state index in [0.717, 1.165) is 0 Å². The number of rotatable bonds is 3. The van der Waals surface area contributed by atoms with Crippen LogP contribution >= 0.6 is 0 Å². The molecule has 20 heavy (non-hydrogen) atoms. The van der Waals surface area contributed by atoms with Crippen molar-refractivity contribution in [1.29, 1.82) is 0 Å². The molecule has 0 saturated carbocycles. The first kappa shape index (κ1) is 12.3. The third kappa shape index (κ3) is 2.13. The molecule has 0 aliphatic rings. The summed E-state index contributed by atoms with van der Waals surface area (Å²) in [7, 11) is 0. The Kier molecular flexibility index (Phi) is 2.94. The minimum absolute atomic E-state index is 0.240. The van der Waals surface area contributed by atoms with Gasteiger partial charge in [-0.3, -0.25) is 4.98 Å². The molecule has 0 amide bonds. The van der Waals surface area contributed by atoms with Crippen molar-refractivity contribution in [3.63, 3.8) is 0 Å². The van der Waals surface area contributed by atoms with Crippen molar-refractivity contribution >= 4 is 22.3 Å². The third-order valence-corrected chi connectivity index (χ3v) is 2.87. The fraction of sp³-hybridized carbons (Fsp3) is 0.154. The molecule has 2 heterocycles. The first-order valence-corrected chi connectivity index (χ1v) is 6.01. The second kappa shape index (κ2) is 4.76. The highest BCUT2D eigenvalue weighted by Gasteiger charge is 2.12. The Morgan fingerprint density at radius 1 is 1.45 bits per heavy atom. The van der Waals surface area contributed by atoms with Crippen LogP contribution in [0.3, 0.4) is 0 Å². The number of hydrogen-bond donors (Lipinski definition) is 2. The maximum absolute atomic E-state index is 14.0. The molecular weight excluding hydrogens is 261 g/mol. The Labute approximate surface area is 113 Å². The van der Waals surface area contributed by atoms with Gasteiger partial charge in [-0.2, -0.15) is 4.98 Å². The lowest BCUT2D eigenvalue weighted by Crippen LogP contribution is -2.05. The molecule has 3 rings (SSSR count). The zero-order valence-corrected chi connectivity index (χ0v) is 10.7. The van der Waals surface area contributed by atoms with Gasteiger partial charge in [0.15, 0.2) is 11.6 Å². The van der Waals surface area contributed by atoms with Gasteiger partial charge >= 0.3 is 0 Å². The molecule has 0 aliphatic heterocycles. The number of pyridine rings is 1. The summed E-state index contributed by atoms with van der Waals surface area (Å²) in [6, 6.07) is 4.82. The molecule has 0 saturated heterocycles. The minimum atomic E-state index is -0.464. The number of aromatic nitrogens is 3. The number of nitrogens with zero attached hydrogens (tertiary/aromatic N) is 3. The van der Waals surface area contributed by atoms with Crippen molar-refractivity contribution in [3.8, 4) is 0 Å². The number of hydrogen-bond acceptors (Lipinski definition) is 6. The molecule has 7 heteroatoms. The smallest absolute Gasteiger partial charge is 0.223 e. The summed E-state index contributed by atoms with van der Waals surface area (Å²) < 4.78 is 18.9. The van der Waals surface area contributed by atoms with Gasteiger partial charge in [0.2, 0.25) is 5.89 Å². The highest BCUT2D eigenvalue weighted by atomic mass is 19.1. The zero-order valence-electron chi connectivity index (χ0n) is 10.7. The zero-order chi connectivity index (χ0) is 14.1. The summed E-state index contributed by atoms with van der Waals surface area (Å²) in [5.41, 5.74) is 6.89. The summed E-state index contributed by atoms with van der Waals surface area (Å²) in [4.78, 5) is 8.22. The normalized spacial score (nSPS) is 10.9. The lowest BCUT2D eigenvalue weighted by molar-refractivity contribution is 0.388. The van der Waals surface area contributed by atoms with Crippen LogP contribution in [-0.2, 0) is 6.54 Å². The van der Waals surface area contributed by atoms with Crippen molar-refractivity contribution in [3.05, 3.63) is 41.9 Å². The number of fused-ring (bicyclic) bond motifs is 1. The largest absolute Gasteiger partial charge is 0.398 e. The van der Waals surface area contributed by atoms with E-state index in [4.69, 9.17) is 10.3 Å². The number of anilines is 2. The standard InChI is InChI=1S/C13H12FN5O/c1-7-18-11(19-20-7)6-17-13-9(14)5-10(15)8-3-2-4-16-12(8)13/h2-5,17H,6,15H2,1H3. The van der Waals surface area contributed by atoms with E-state index in [0.29, 0.717) is 28.3 Å². The summed E-state index contributed by atoms with van der Waals surface area (Å²) in [6.07, 6.45) is 1.59. The van der Waals surface area contributed by atoms with Crippen molar-refractivity contribution < 1.29 is 8.91 Å². The van der Waals surface area contributed by atoms with Crippen LogP contribution in [0.25, 0.3) is 10.9 Å². The summed E-state index contributed by atoms with van der Waals surface area (Å²) in [5, 5.41) is 7.37. The monoisotopic (exact) mass is 273 g/mol. The van der Waals surface area contributed by atoms with Gasteiger partial charge in [0.05, 0.1) is 17.7 Å². The number of halogens is 1. The first-order chi connectivity index (χ1) is 9.65. The molecule has 102 valence electrons. The fourth-order valence-corrected chi connectivity index (χ4v) is 1.99. The topological polar surface area (TPSA) is 89.9 Å². The van der Waals surface area contributed by atoms with Gasteiger partial charge in [0.25, 0.3) is 0 Å². The van der Waals surface area contributed by atoms with Gasteiger partial charge < -0.3 is 15.6 Å². The maximum Gasteiger partial charge on any atom is 0.223 e. The van der Waals surface area contributed by atoms with E-state index < -0.39 is 5.82 Å². The van der Waals surface area contributed by atoms with Gasteiger partial charge in [-0.05, 0) is 18.2 Å². The van der Waals surface area contributed by atoms with E-state index in [1.165, 1.54) is 6.07 Å². The van der Waals surface area contributed by atoms with Crippen molar-refractivity contribution in [2.75, 3.05) is 11.1 Å². The molecule has 0 spiro atoms. The van der Waals surface area contributed by atoms with Crippen molar-refractivity contribution in [2.45, 2.75) is 13.5 Å². The summed E-state index contributed by atoms with van der Waals surface area (Å²) >= 11 is 0. The van der Waals surface area contributed by atoms with Crippen LogP contribution in [0.4, 0.5) is 15.8 Å². The van der Waals surface area contributed by atoms with Gasteiger partial charge in [-0.15, -0.1) is 0 Å². The molecule has 6 nitrogen and oxygen atoms in total. The number of aryl methyl sites for hydroxylation is 1. The molecule has 0 fully saturated rings. The molecule has 3 N–H and O–H groups in total. The van der Waals surface area contributed by atoms with Crippen LogP contribution in [0.5, 0.6) is 0 Å². The molecular formula is C13H12FN5O. The van der Waals surface area contributed by atoms with Crippen LogP contribution in [0.2, 0.25) is 0 Å². The Bertz CT molecular complexity index is 771. The predicted octanol–water partition coefficient (Wildman–Crippen LogP) is 2.26. The number of nitrogens with two attached hydrogens (primary N) is 1. The Hall–Kier alpha value is -2.70. The highest BCUT2D eigenvalue weighted by Crippen LogP contribution is 2.29. The van der Waals surface area contributed by atoms with Crippen LogP contribution in [0.1, 0.15) is 11.7 Å².